The second kappa shape index (κ2) is 5.44. The van der Waals surface area contributed by atoms with Crippen LogP contribution < -0.4 is 5.32 Å². The Kier molecular flexibility index (Phi) is 3.90. The number of amides is 1. The highest BCUT2D eigenvalue weighted by Gasteiger charge is 2.14. The Hall–Kier alpha value is -1.82. The fourth-order valence-electron chi connectivity index (χ4n) is 1.59. The summed E-state index contributed by atoms with van der Waals surface area (Å²) in [5.74, 6) is -1.30. The third-order valence-corrected chi connectivity index (χ3v) is 2.95. The molecule has 0 unspecified atom stereocenters. The predicted octanol–water partition coefficient (Wildman–Crippen LogP) is 3.13. The monoisotopic (exact) mass is 327 g/mol. The second-order valence-corrected chi connectivity index (χ2v) is 4.81. The first-order valence-electron chi connectivity index (χ1n) is 5.49. The number of benzene rings is 1. The molecule has 6 heteroatoms. The van der Waals surface area contributed by atoms with Gasteiger partial charge in [0.05, 0.1) is 0 Å². The number of rotatable bonds is 3. The van der Waals surface area contributed by atoms with E-state index in [4.69, 9.17) is 9.52 Å². The Bertz CT molecular complexity index is 624. The van der Waals surface area contributed by atoms with Crippen LogP contribution in [0.1, 0.15) is 21.7 Å². The van der Waals surface area contributed by atoms with Gasteiger partial charge in [-0.05, 0) is 46.6 Å². The van der Waals surface area contributed by atoms with Crippen molar-refractivity contribution in [1.82, 2.24) is 5.32 Å². The molecule has 0 radical (unpaired) electrons. The van der Waals surface area contributed by atoms with Crippen molar-refractivity contribution in [2.24, 2.45) is 0 Å². The Morgan fingerprint density at radius 1 is 1.47 bits per heavy atom. The van der Waals surface area contributed by atoms with E-state index in [1.807, 2.05) is 0 Å². The SMILES string of the molecule is Cc1cc(Br)oc1C(=O)NCc1ccc(O)c(F)c1. The van der Waals surface area contributed by atoms with Gasteiger partial charge < -0.3 is 14.8 Å². The zero-order chi connectivity index (χ0) is 14.0. The van der Waals surface area contributed by atoms with Gasteiger partial charge in [-0.15, -0.1) is 0 Å². The summed E-state index contributed by atoms with van der Waals surface area (Å²) in [4.78, 5) is 11.8. The molecule has 100 valence electrons. The van der Waals surface area contributed by atoms with E-state index < -0.39 is 11.6 Å². The molecular formula is C13H11BrFNO3. The van der Waals surface area contributed by atoms with Crippen molar-refractivity contribution < 1.29 is 18.7 Å². The van der Waals surface area contributed by atoms with Crippen LogP contribution in [0.2, 0.25) is 0 Å². The Balaban J connectivity index is 2.04. The summed E-state index contributed by atoms with van der Waals surface area (Å²) in [6, 6.07) is 5.63. The maximum atomic E-state index is 13.1. The molecule has 0 saturated carbocycles. The van der Waals surface area contributed by atoms with Crippen LogP contribution in [0.15, 0.2) is 33.4 Å². The molecule has 1 heterocycles. The van der Waals surface area contributed by atoms with Gasteiger partial charge in [-0.1, -0.05) is 6.07 Å². The van der Waals surface area contributed by atoms with Crippen molar-refractivity contribution in [3.8, 4) is 5.75 Å². The fourth-order valence-corrected chi connectivity index (χ4v) is 2.10. The summed E-state index contributed by atoms with van der Waals surface area (Å²) in [7, 11) is 0. The molecule has 0 saturated heterocycles. The number of halogens is 2. The molecule has 0 aliphatic rings. The van der Waals surface area contributed by atoms with Crippen LogP contribution in [-0.4, -0.2) is 11.0 Å². The standard InChI is InChI=1S/C13H11BrFNO3/c1-7-4-11(14)19-12(7)13(18)16-6-8-2-3-10(17)9(15)5-8/h2-5,17H,6H2,1H3,(H,16,18). The summed E-state index contributed by atoms with van der Waals surface area (Å²) >= 11 is 3.14. The smallest absolute Gasteiger partial charge is 0.287 e. The van der Waals surface area contributed by atoms with Crippen LogP contribution in [0, 0.1) is 12.7 Å². The molecule has 1 aromatic carbocycles. The fraction of sp³-hybridized carbons (Fsp3) is 0.154. The third-order valence-electron chi connectivity index (χ3n) is 2.56. The normalized spacial score (nSPS) is 10.5. The van der Waals surface area contributed by atoms with Crippen molar-refractivity contribution >= 4 is 21.8 Å². The number of carbonyl (C=O) groups excluding carboxylic acids is 1. The molecule has 0 aliphatic heterocycles. The van der Waals surface area contributed by atoms with Gasteiger partial charge in [-0.25, -0.2) is 4.39 Å². The lowest BCUT2D eigenvalue weighted by molar-refractivity contribution is 0.0921. The van der Waals surface area contributed by atoms with Gasteiger partial charge >= 0.3 is 0 Å². The molecule has 0 atom stereocenters. The predicted molar refractivity (Wildman–Crippen MR) is 70.4 cm³/mol. The average Bonchev–Trinajstić information content (AvgIpc) is 2.70. The highest BCUT2D eigenvalue weighted by molar-refractivity contribution is 9.10. The van der Waals surface area contributed by atoms with Gasteiger partial charge in [-0.2, -0.15) is 0 Å². The van der Waals surface area contributed by atoms with Crippen LogP contribution in [-0.2, 0) is 6.54 Å². The number of carbonyl (C=O) groups is 1. The quantitative estimate of drug-likeness (QED) is 0.910. The lowest BCUT2D eigenvalue weighted by atomic mass is 10.2. The summed E-state index contributed by atoms with van der Waals surface area (Å²) in [6.45, 7) is 1.90. The maximum absolute atomic E-state index is 13.1. The van der Waals surface area contributed by atoms with E-state index in [0.717, 1.165) is 0 Å². The van der Waals surface area contributed by atoms with Crippen molar-refractivity contribution in [3.63, 3.8) is 0 Å². The van der Waals surface area contributed by atoms with Crippen LogP contribution in [0.4, 0.5) is 4.39 Å². The number of furan rings is 1. The van der Waals surface area contributed by atoms with Crippen LogP contribution in [0.5, 0.6) is 5.75 Å². The van der Waals surface area contributed by atoms with E-state index in [1.165, 1.54) is 18.2 Å². The number of nitrogens with one attached hydrogen (secondary N) is 1. The van der Waals surface area contributed by atoms with Crippen molar-refractivity contribution in [1.29, 1.82) is 0 Å². The van der Waals surface area contributed by atoms with E-state index in [1.54, 1.807) is 13.0 Å². The van der Waals surface area contributed by atoms with Gasteiger partial charge in [0.15, 0.2) is 22.0 Å². The zero-order valence-electron chi connectivity index (χ0n) is 10.0. The molecule has 1 amide bonds. The Morgan fingerprint density at radius 2 is 2.21 bits per heavy atom. The Morgan fingerprint density at radius 3 is 2.79 bits per heavy atom. The number of hydrogen-bond acceptors (Lipinski definition) is 3. The molecule has 0 fully saturated rings. The largest absolute Gasteiger partial charge is 0.505 e. The Labute approximate surface area is 117 Å². The molecule has 2 N–H and O–H groups in total. The van der Waals surface area contributed by atoms with Crippen LogP contribution in [0.25, 0.3) is 0 Å². The topological polar surface area (TPSA) is 62.5 Å². The van der Waals surface area contributed by atoms with Crippen molar-refractivity contribution in [2.75, 3.05) is 0 Å². The molecule has 19 heavy (non-hydrogen) atoms. The van der Waals surface area contributed by atoms with E-state index in [9.17, 15) is 9.18 Å². The van der Waals surface area contributed by atoms with E-state index in [-0.39, 0.29) is 18.2 Å². The van der Waals surface area contributed by atoms with Crippen LogP contribution in [0.3, 0.4) is 0 Å². The second-order valence-electron chi connectivity index (χ2n) is 4.03. The minimum absolute atomic E-state index is 0.147. The number of phenolic OH excluding ortho intramolecular Hbond substituents is 1. The first kappa shape index (κ1) is 13.6. The number of phenols is 1. The molecule has 2 aromatic rings. The van der Waals surface area contributed by atoms with Gasteiger partial charge in [0.1, 0.15) is 0 Å². The average molecular weight is 328 g/mol. The molecule has 0 spiro atoms. The highest BCUT2D eigenvalue weighted by atomic mass is 79.9. The van der Waals surface area contributed by atoms with E-state index in [2.05, 4.69) is 21.2 Å². The molecule has 0 bridgehead atoms. The molecule has 4 nitrogen and oxygen atoms in total. The third kappa shape index (κ3) is 3.14. The maximum Gasteiger partial charge on any atom is 0.287 e. The van der Waals surface area contributed by atoms with E-state index >= 15 is 0 Å². The first-order chi connectivity index (χ1) is 8.97. The minimum atomic E-state index is -0.719. The summed E-state index contributed by atoms with van der Waals surface area (Å²) in [5, 5.41) is 11.7. The summed E-state index contributed by atoms with van der Waals surface area (Å²) < 4.78 is 18.8. The van der Waals surface area contributed by atoms with Gasteiger partial charge in [0, 0.05) is 12.1 Å². The number of aromatic hydroxyl groups is 1. The molecule has 1 aromatic heterocycles. The molecular weight excluding hydrogens is 317 g/mol. The van der Waals surface area contributed by atoms with Gasteiger partial charge in [0.2, 0.25) is 0 Å². The number of aryl methyl sites for hydroxylation is 1. The van der Waals surface area contributed by atoms with Crippen LogP contribution >= 0.6 is 15.9 Å². The molecule has 2 rings (SSSR count). The highest BCUT2D eigenvalue weighted by Crippen LogP contribution is 2.20. The van der Waals surface area contributed by atoms with Crippen molar-refractivity contribution in [3.05, 3.63) is 51.6 Å². The first-order valence-corrected chi connectivity index (χ1v) is 6.28. The lowest BCUT2D eigenvalue weighted by Gasteiger charge is -2.05. The summed E-state index contributed by atoms with van der Waals surface area (Å²) in [5.41, 5.74) is 1.26. The lowest BCUT2D eigenvalue weighted by Crippen LogP contribution is -2.23. The minimum Gasteiger partial charge on any atom is -0.505 e. The van der Waals surface area contributed by atoms with Crippen molar-refractivity contribution in [2.45, 2.75) is 13.5 Å². The van der Waals surface area contributed by atoms with E-state index in [0.29, 0.717) is 15.8 Å². The zero-order valence-corrected chi connectivity index (χ0v) is 11.6. The van der Waals surface area contributed by atoms with Gasteiger partial charge in [0.25, 0.3) is 5.91 Å². The number of hydrogen-bond donors (Lipinski definition) is 2. The van der Waals surface area contributed by atoms with Gasteiger partial charge in [-0.3, -0.25) is 4.79 Å². The molecule has 0 aliphatic carbocycles. The summed E-state index contributed by atoms with van der Waals surface area (Å²) in [6.07, 6.45) is 0.